The third kappa shape index (κ3) is 13.8. The van der Waals surface area contributed by atoms with Gasteiger partial charge in [0.25, 0.3) is 0 Å². The average molecular weight is 356 g/mol. The molecular weight excluding hydrogens is 333 g/mol. The van der Waals surface area contributed by atoms with Crippen LogP contribution in [0.4, 0.5) is 13.2 Å². The van der Waals surface area contributed by atoms with Gasteiger partial charge in [0.05, 0.1) is 0 Å². The number of carbonyl (C=O) groups is 3. The number of alkyl halides is 3. The fourth-order valence-corrected chi connectivity index (χ4v) is 1.91. The Morgan fingerprint density at radius 3 is 1.67 bits per heavy atom. The summed E-state index contributed by atoms with van der Waals surface area (Å²) in [6.45, 7) is -1.03. The first-order chi connectivity index (χ1) is 11.2. The van der Waals surface area contributed by atoms with Gasteiger partial charge in [-0.2, -0.15) is 13.2 Å². The van der Waals surface area contributed by atoms with E-state index in [4.69, 9.17) is 5.11 Å². The lowest BCUT2D eigenvalue weighted by molar-refractivity contribution is -0.210. The summed E-state index contributed by atoms with van der Waals surface area (Å²) in [6.07, 6.45) is 1.91. The fraction of sp³-hybridized carbons (Fsp3) is 0.800. The average Bonchev–Trinajstić information content (AvgIpc) is 2.47. The van der Waals surface area contributed by atoms with Crippen LogP contribution in [0.25, 0.3) is 0 Å². The van der Waals surface area contributed by atoms with Crippen LogP contribution in [0.5, 0.6) is 0 Å². The molecule has 0 bridgehead atoms. The quantitative estimate of drug-likeness (QED) is 0.308. The van der Waals surface area contributed by atoms with Crippen LogP contribution in [-0.4, -0.2) is 36.0 Å². The largest absolute Gasteiger partial charge is 0.491 e. The molecule has 9 heteroatoms. The monoisotopic (exact) mass is 356 g/mol. The summed E-state index contributed by atoms with van der Waals surface area (Å²) in [7, 11) is 0. The molecule has 0 aromatic carbocycles. The van der Waals surface area contributed by atoms with Gasteiger partial charge < -0.3 is 14.6 Å². The number of aliphatic carboxylic acids is 1. The van der Waals surface area contributed by atoms with E-state index in [1.807, 2.05) is 0 Å². The summed E-state index contributed by atoms with van der Waals surface area (Å²) in [4.78, 5) is 31.8. The van der Waals surface area contributed by atoms with Crippen molar-refractivity contribution < 1.29 is 42.1 Å². The molecule has 0 heterocycles. The topological polar surface area (TPSA) is 89.9 Å². The number of carboxylic acid groups (broad SMARTS) is 1. The van der Waals surface area contributed by atoms with E-state index < -0.39 is 30.9 Å². The van der Waals surface area contributed by atoms with Crippen molar-refractivity contribution in [3.05, 3.63) is 0 Å². The molecule has 0 saturated heterocycles. The summed E-state index contributed by atoms with van der Waals surface area (Å²) in [6, 6.07) is 0. The van der Waals surface area contributed by atoms with Crippen molar-refractivity contribution in [3.8, 4) is 0 Å². The molecule has 1 N–H and O–H groups in total. The third-order valence-electron chi connectivity index (χ3n) is 3.16. The number of ether oxygens (including phenoxy) is 2. The molecule has 24 heavy (non-hydrogen) atoms. The molecule has 0 unspecified atom stereocenters. The Balaban J connectivity index is 3.38. The molecular formula is C15H23F3O6. The Hall–Kier alpha value is -1.80. The predicted molar refractivity (Wildman–Crippen MR) is 76.9 cm³/mol. The Morgan fingerprint density at radius 2 is 1.21 bits per heavy atom. The summed E-state index contributed by atoms with van der Waals surface area (Å²) in [5.41, 5.74) is 0. The van der Waals surface area contributed by atoms with Gasteiger partial charge in [0.2, 0.25) is 6.79 Å². The van der Waals surface area contributed by atoms with E-state index in [0.717, 1.165) is 38.5 Å². The standard InChI is InChI=1S/C15H23F3O6/c16-15(17,18)14(22)24-11-23-13(21)10-8-6-4-2-1-3-5-7-9-12(19)20/h1-11H2,(H,19,20). The number of hydrogen-bond acceptors (Lipinski definition) is 5. The number of halogens is 3. The number of unbranched alkanes of at least 4 members (excludes halogenated alkanes) is 7. The van der Waals surface area contributed by atoms with E-state index >= 15 is 0 Å². The lowest BCUT2D eigenvalue weighted by atomic mass is 10.1. The fourth-order valence-electron chi connectivity index (χ4n) is 1.91. The van der Waals surface area contributed by atoms with Crippen LogP contribution in [-0.2, 0) is 23.9 Å². The molecule has 0 fully saturated rings. The van der Waals surface area contributed by atoms with Gasteiger partial charge in [-0.15, -0.1) is 0 Å². The van der Waals surface area contributed by atoms with Gasteiger partial charge in [-0.25, -0.2) is 4.79 Å². The van der Waals surface area contributed by atoms with Crippen LogP contribution in [0.1, 0.15) is 64.2 Å². The van der Waals surface area contributed by atoms with Crippen molar-refractivity contribution in [2.75, 3.05) is 6.79 Å². The zero-order valence-corrected chi connectivity index (χ0v) is 13.4. The van der Waals surface area contributed by atoms with Crippen molar-refractivity contribution in [1.29, 1.82) is 0 Å². The maximum Gasteiger partial charge on any atom is 0.491 e. The highest BCUT2D eigenvalue weighted by atomic mass is 19.4. The first-order valence-corrected chi connectivity index (χ1v) is 7.85. The molecule has 0 amide bonds. The van der Waals surface area contributed by atoms with Crippen LogP contribution in [0.3, 0.4) is 0 Å². The molecule has 0 aliphatic heterocycles. The molecule has 0 atom stereocenters. The Labute approximate surface area is 138 Å². The van der Waals surface area contributed by atoms with Crippen LogP contribution >= 0.6 is 0 Å². The minimum absolute atomic E-state index is 0.0577. The number of rotatable bonds is 13. The number of hydrogen-bond donors (Lipinski definition) is 1. The summed E-state index contributed by atoms with van der Waals surface area (Å²) in [5, 5.41) is 8.46. The van der Waals surface area contributed by atoms with Gasteiger partial charge in [-0.1, -0.05) is 38.5 Å². The zero-order chi connectivity index (χ0) is 18.4. The van der Waals surface area contributed by atoms with E-state index in [-0.39, 0.29) is 12.8 Å². The maximum atomic E-state index is 11.8. The van der Waals surface area contributed by atoms with Gasteiger partial charge in [0.15, 0.2) is 0 Å². The van der Waals surface area contributed by atoms with Gasteiger partial charge in [0, 0.05) is 12.8 Å². The van der Waals surface area contributed by atoms with Crippen molar-refractivity contribution in [2.24, 2.45) is 0 Å². The Bertz CT molecular complexity index is 395. The summed E-state index contributed by atoms with van der Waals surface area (Å²) < 4.78 is 43.5. The van der Waals surface area contributed by atoms with Crippen molar-refractivity contribution >= 4 is 17.9 Å². The van der Waals surface area contributed by atoms with Crippen molar-refractivity contribution in [1.82, 2.24) is 0 Å². The summed E-state index contributed by atoms with van der Waals surface area (Å²) in [5.74, 6) is -3.88. The maximum absolute atomic E-state index is 11.8. The van der Waals surface area contributed by atoms with Crippen LogP contribution in [0.2, 0.25) is 0 Å². The van der Waals surface area contributed by atoms with Gasteiger partial charge in [-0.3, -0.25) is 9.59 Å². The highest BCUT2D eigenvalue weighted by Crippen LogP contribution is 2.16. The Kier molecular flexibility index (Phi) is 11.7. The normalized spacial score (nSPS) is 11.1. The van der Waals surface area contributed by atoms with E-state index in [2.05, 4.69) is 9.47 Å². The number of carboxylic acids is 1. The number of carbonyl (C=O) groups excluding carboxylic acids is 2. The molecule has 0 radical (unpaired) electrons. The second kappa shape index (κ2) is 12.6. The zero-order valence-electron chi connectivity index (χ0n) is 13.4. The first-order valence-electron chi connectivity index (χ1n) is 7.85. The van der Waals surface area contributed by atoms with Crippen LogP contribution in [0.15, 0.2) is 0 Å². The molecule has 0 rings (SSSR count). The molecule has 6 nitrogen and oxygen atoms in total. The second-order valence-corrected chi connectivity index (χ2v) is 5.29. The van der Waals surface area contributed by atoms with Gasteiger partial charge >= 0.3 is 24.1 Å². The van der Waals surface area contributed by atoms with E-state index in [0.29, 0.717) is 12.8 Å². The molecule has 0 spiro atoms. The van der Waals surface area contributed by atoms with Gasteiger partial charge in [0.1, 0.15) is 0 Å². The minimum atomic E-state index is -5.10. The van der Waals surface area contributed by atoms with E-state index in [1.54, 1.807) is 0 Å². The molecule has 0 saturated carbocycles. The van der Waals surface area contributed by atoms with Crippen LogP contribution in [0, 0.1) is 0 Å². The van der Waals surface area contributed by atoms with Gasteiger partial charge in [-0.05, 0) is 12.8 Å². The highest BCUT2D eigenvalue weighted by molar-refractivity contribution is 5.75. The number of esters is 2. The molecule has 0 aliphatic rings. The molecule has 140 valence electrons. The highest BCUT2D eigenvalue weighted by Gasteiger charge is 2.41. The Morgan fingerprint density at radius 1 is 0.750 bits per heavy atom. The first kappa shape index (κ1) is 22.2. The lowest BCUT2D eigenvalue weighted by Gasteiger charge is -2.08. The molecule has 0 aliphatic carbocycles. The smallest absolute Gasteiger partial charge is 0.481 e. The minimum Gasteiger partial charge on any atom is -0.481 e. The predicted octanol–water partition coefficient (Wildman–Crippen LogP) is 3.58. The third-order valence-corrected chi connectivity index (χ3v) is 3.16. The van der Waals surface area contributed by atoms with E-state index in [1.165, 1.54) is 0 Å². The van der Waals surface area contributed by atoms with Crippen molar-refractivity contribution in [2.45, 2.75) is 70.4 Å². The van der Waals surface area contributed by atoms with Crippen LogP contribution < -0.4 is 0 Å². The molecule has 0 aromatic rings. The SMILES string of the molecule is O=C(O)CCCCCCCCCCC(=O)OCOC(=O)C(F)(F)F. The van der Waals surface area contributed by atoms with E-state index in [9.17, 15) is 27.6 Å². The summed E-state index contributed by atoms with van der Waals surface area (Å²) >= 11 is 0. The molecule has 0 aromatic heterocycles. The second-order valence-electron chi connectivity index (χ2n) is 5.29. The lowest BCUT2D eigenvalue weighted by Crippen LogP contribution is -2.26. The van der Waals surface area contributed by atoms with Crippen molar-refractivity contribution in [3.63, 3.8) is 0 Å².